The fraction of sp³-hybridized carbons (Fsp3) is 0.317. The smallest absolute Gasteiger partial charge is 0.261 e. The Morgan fingerprint density at radius 2 is 0.960 bits per heavy atom. The molecule has 256 valence electrons. The lowest BCUT2D eigenvalue weighted by Gasteiger charge is -2.31. The summed E-state index contributed by atoms with van der Waals surface area (Å²) in [5, 5.41) is 3.63. The first-order valence-electron chi connectivity index (χ1n) is 17.2. The Bertz CT molecular complexity index is 2050. The van der Waals surface area contributed by atoms with Crippen LogP contribution in [-0.4, -0.2) is 68.3 Å². The molecule has 3 aliphatic heterocycles. The van der Waals surface area contributed by atoms with Gasteiger partial charge in [0, 0.05) is 64.0 Å². The van der Waals surface area contributed by atoms with E-state index in [-0.39, 0.29) is 53.6 Å². The summed E-state index contributed by atoms with van der Waals surface area (Å²) >= 11 is 0. The minimum absolute atomic E-state index is 0.0174. The SMILES string of the molecule is CC(C)N1C(=O)CCCC1=O.CC(C)N1C(=O)c2ccc3c4c(ccc(c24)C1=O)CC=C3.CC(C)N1C(=O)c2cccc3cccc(c23)C1=O. The van der Waals surface area contributed by atoms with Gasteiger partial charge in [-0.1, -0.05) is 48.6 Å². The molecule has 0 spiro atoms. The predicted octanol–water partition coefficient (Wildman–Crippen LogP) is 7.19. The van der Waals surface area contributed by atoms with Gasteiger partial charge in [0.05, 0.1) is 0 Å². The molecule has 3 heterocycles. The average molecular weight is 672 g/mol. The maximum absolute atomic E-state index is 12.7. The van der Waals surface area contributed by atoms with Gasteiger partial charge in [-0.15, -0.1) is 0 Å². The zero-order valence-corrected chi connectivity index (χ0v) is 29.3. The van der Waals surface area contributed by atoms with Gasteiger partial charge in [0.15, 0.2) is 0 Å². The molecule has 0 bridgehead atoms. The number of imide groups is 3. The summed E-state index contributed by atoms with van der Waals surface area (Å²) < 4.78 is 0. The molecule has 50 heavy (non-hydrogen) atoms. The van der Waals surface area contributed by atoms with Gasteiger partial charge in [0.25, 0.3) is 23.6 Å². The first-order valence-corrected chi connectivity index (χ1v) is 17.2. The van der Waals surface area contributed by atoms with Crippen LogP contribution >= 0.6 is 0 Å². The Morgan fingerprint density at radius 1 is 0.500 bits per heavy atom. The number of amides is 6. The van der Waals surface area contributed by atoms with E-state index in [0.29, 0.717) is 35.1 Å². The standard InChI is InChI=1S/C18H15NO2.C15H13NO2.C8H13NO2/c1-10(2)19-17(20)13-8-6-11-4-3-5-12-7-9-14(18(19)21)16(13)15(11)12;1-9(2)16-14(17)11-7-3-5-10-6-4-8-12(13(10)11)15(16)18;1-6(2)9-7(10)4-3-5-8(9)11/h3-4,6-10H,5H2,1-2H3;3-9H,1-2H3;6H,3-5H2,1-2H3. The van der Waals surface area contributed by atoms with E-state index in [0.717, 1.165) is 39.9 Å². The van der Waals surface area contributed by atoms with E-state index in [4.69, 9.17) is 0 Å². The molecular formula is C41H41N3O6. The highest BCUT2D eigenvalue weighted by Crippen LogP contribution is 2.37. The van der Waals surface area contributed by atoms with E-state index >= 15 is 0 Å². The summed E-state index contributed by atoms with van der Waals surface area (Å²) in [7, 11) is 0. The van der Waals surface area contributed by atoms with Crippen molar-refractivity contribution in [2.75, 3.05) is 0 Å². The maximum Gasteiger partial charge on any atom is 0.261 e. The minimum atomic E-state index is -0.195. The molecule has 4 aromatic carbocycles. The number of nitrogens with zero attached hydrogens (tertiary/aromatic N) is 3. The molecule has 0 radical (unpaired) electrons. The van der Waals surface area contributed by atoms with Crippen molar-refractivity contribution in [2.24, 2.45) is 0 Å². The molecule has 9 nitrogen and oxygen atoms in total. The Balaban J connectivity index is 0.000000136. The van der Waals surface area contributed by atoms with Gasteiger partial charge in [-0.3, -0.25) is 43.5 Å². The van der Waals surface area contributed by atoms with Gasteiger partial charge >= 0.3 is 0 Å². The monoisotopic (exact) mass is 671 g/mol. The molecule has 1 fully saturated rings. The van der Waals surface area contributed by atoms with Crippen LogP contribution in [0.1, 0.15) is 113 Å². The van der Waals surface area contributed by atoms with Crippen LogP contribution in [0, 0.1) is 0 Å². The van der Waals surface area contributed by atoms with Gasteiger partial charge < -0.3 is 0 Å². The lowest BCUT2D eigenvalue weighted by Crippen LogP contribution is -2.44. The van der Waals surface area contributed by atoms with Crippen molar-refractivity contribution >= 4 is 63.1 Å². The van der Waals surface area contributed by atoms with Crippen LogP contribution < -0.4 is 0 Å². The number of benzene rings is 4. The molecule has 0 atom stereocenters. The van der Waals surface area contributed by atoms with Crippen LogP contribution in [0.25, 0.3) is 27.6 Å². The normalized spacial score (nSPS) is 16.5. The van der Waals surface area contributed by atoms with Gasteiger partial charge in [0.2, 0.25) is 11.8 Å². The van der Waals surface area contributed by atoms with Crippen LogP contribution in [0.2, 0.25) is 0 Å². The first-order chi connectivity index (χ1) is 23.8. The molecule has 6 amide bonds. The highest BCUT2D eigenvalue weighted by Gasteiger charge is 2.36. The second-order valence-electron chi connectivity index (χ2n) is 13.8. The minimum Gasteiger partial charge on any atom is -0.280 e. The number of piperidine rings is 1. The van der Waals surface area contributed by atoms with E-state index in [1.165, 1.54) is 20.3 Å². The summed E-state index contributed by atoms with van der Waals surface area (Å²) in [6.45, 7) is 11.2. The molecule has 1 saturated heterocycles. The van der Waals surface area contributed by atoms with Gasteiger partial charge in [-0.05, 0) is 101 Å². The molecule has 4 aliphatic rings. The van der Waals surface area contributed by atoms with Crippen LogP contribution in [0.4, 0.5) is 0 Å². The second kappa shape index (κ2) is 13.5. The molecule has 0 aromatic heterocycles. The van der Waals surface area contributed by atoms with Crippen LogP contribution in [0.15, 0.2) is 66.7 Å². The number of likely N-dealkylation sites (tertiary alicyclic amines) is 1. The molecular weight excluding hydrogens is 630 g/mol. The van der Waals surface area contributed by atoms with E-state index in [9.17, 15) is 28.8 Å². The second-order valence-corrected chi connectivity index (χ2v) is 13.8. The molecule has 1 aliphatic carbocycles. The maximum atomic E-state index is 12.7. The van der Waals surface area contributed by atoms with Crippen LogP contribution in [0.3, 0.4) is 0 Å². The Kier molecular flexibility index (Phi) is 9.27. The zero-order valence-electron chi connectivity index (χ0n) is 29.3. The first kappa shape index (κ1) is 34.4. The topological polar surface area (TPSA) is 112 Å². The van der Waals surface area contributed by atoms with E-state index in [2.05, 4.69) is 12.2 Å². The fourth-order valence-electron chi connectivity index (χ4n) is 7.26. The number of hydrogen-bond acceptors (Lipinski definition) is 6. The number of carbonyl (C=O) groups is 6. The Labute approximate surface area is 291 Å². The molecule has 0 unspecified atom stereocenters. The van der Waals surface area contributed by atoms with Gasteiger partial charge in [-0.25, -0.2) is 0 Å². The van der Waals surface area contributed by atoms with E-state index in [1.807, 2.05) is 90.1 Å². The Morgan fingerprint density at radius 3 is 1.42 bits per heavy atom. The van der Waals surface area contributed by atoms with Crippen molar-refractivity contribution < 1.29 is 28.8 Å². The van der Waals surface area contributed by atoms with Crippen molar-refractivity contribution in [1.82, 2.24) is 14.7 Å². The van der Waals surface area contributed by atoms with E-state index < -0.39 is 0 Å². The van der Waals surface area contributed by atoms with Gasteiger partial charge in [0.1, 0.15) is 0 Å². The zero-order chi connectivity index (χ0) is 36.0. The highest BCUT2D eigenvalue weighted by atomic mass is 16.2. The van der Waals surface area contributed by atoms with Gasteiger partial charge in [-0.2, -0.15) is 0 Å². The third-order valence-corrected chi connectivity index (χ3v) is 9.48. The average Bonchev–Trinajstić information content (AvgIpc) is 3.07. The lowest BCUT2D eigenvalue weighted by molar-refractivity contribution is -0.150. The van der Waals surface area contributed by atoms with Crippen molar-refractivity contribution in [3.63, 3.8) is 0 Å². The molecule has 4 aromatic rings. The third-order valence-electron chi connectivity index (χ3n) is 9.48. The lowest BCUT2D eigenvalue weighted by atomic mass is 9.85. The van der Waals surface area contributed by atoms with Crippen molar-refractivity contribution in [3.05, 3.63) is 100 Å². The van der Waals surface area contributed by atoms with E-state index in [1.54, 1.807) is 12.1 Å². The van der Waals surface area contributed by atoms with Crippen molar-refractivity contribution in [3.8, 4) is 0 Å². The number of rotatable bonds is 3. The molecule has 8 rings (SSSR count). The largest absolute Gasteiger partial charge is 0.280 e. The summed E-state index contributed by atoms with van der Waals surface area (Å²) in [6.07, 6.45) is 6.82. The highest BCUT2D eigenvalue weighted by molar-refractivity contribution is 6.27. The molecule has 9 heteroatoms. The summed E-state index contributed by atoms with van der Waals surface area (Å²) in [5.41, 5.74) is 4.82. The van der Waals surface area contributed by atoms with Crippen molar-refractivity contribution in [1.29, 1.82) is 0 Å². The van der Waals surface area contributed by atoms with Crippen LogP contribution in [0.5, 0.6) is 0 Å². The fourth-order valence-corrected chi connectivity index (χ4v) is 7.26. The number of allylic oxidation sites excluding steroid dienone is 1. The summed E-state index contributed by atoms with van der Waals surface area (Å²) in [6, 6.07) is 18.6. The third kappa shape index (κ3) is 5.80. The van der Waals surface area contributed by atoms with Crippen molar-refractivity contribution in [2.45, 2.75) is 85.4 Å². The summed E-state index contributed by atoms with van der Waals surface area (Å²) in [4.78, 5) is 76.4. The summed E-state index contributed by atoms with van der Waals surface area (Å²) in [5.74, 6) is -0.785. The van der Waals surface area contributed by atoms with Crippen LogP contribution in [-0.2, 0) is 16.0 Å². The molecule has 0 N–H and O–H groups in total. The quantitative estimate of drug-likeness (QED) is 0.213. The Hall–Kier alpha value is -5.44. The predicted molar refractivity (Wildman–Crippen MR) is 193 cm³/mol. The number of hydrogen-bond donors (Lipinski definition) is 0. The molecule has 0 saturated carbocycles. The number of carbonyl (C=O) groups excluding carboxylic acids is 6.